The van der Waals surface area contributed by atoms with Gasteiger partial charge in [-0.3, -0.25) is 4.57 Å². The van der Waals surface area contributed by atoms with E-state index < -0.39 is 5.97 Å². The predicted molar refractivity (Wildman–Crippen MR) is 74.2 cm³/mol. The molecule has 6 heteroatoms. The highest BCUT2D eigenvalue weighted by molar-refractivity contribution is 5.92. The molecule has 0 radical (unpaired) electrons. The number of hydrogen-bond donors (Lipinski definition) is 1. The molecule has 4 rings (SSSR count). The van der Waals surface area contributed by atoms with Crippen LogP contribution in [0.1, 0.15) is 10.4 Å². The van der Waals surface area contributed by atoms with Gasteiger partial charge in [0.05, 0.1) is 22.3 Å². The van der Waals surface area contributed by atoms with Crippen LogP contribution in [-0.4, -0.2) is 27.4 Å². The fourth-order valence-electron chi connectivity index (χ4n) is 2.39. The first-order valence-corrected chi connectivity index (χ1v) is 6.33. The van der Waals surface area contributed by atoms with E-state index in [1.807, 2.05) is 22.8 Å². The number of hydrogen-bond acceptors (Lipinski definition) is 4. The molecule has 0 unspecified atom stereocenters. The number of ether oxygens (including phenoxy) is 2. The normalized spacial score (nSPS) is 12.8. The molecule has 21 heavy (non-hydrogen) atoms. The van der Waals surface area contributed by atoms with E-state index in [4.69, 9.17) is 14.6 Å². The van der Waals surface area contributed by atoms with E-state index in [9.17, 15) is 4.79 Å². The molecule has 3 aromatic rings. The minimum Gasteiger partial charge on any atom is -0.478 e. The van der Waals surface area contributed by atoms with Gasteiger partial charge in [-0.25, -0.2) is 9.78 Å². The summed E-state index contributed by atoms with van der Waals surface area (Å²) in [5.41, 5.74) is 2.56. The van der Waals surface area contributed by atoms with Crippen molar-refractivity contribution in [2.24, 2.45) is 0 Å². The van der Waals surface area contributed by atoms with Crippen LogP contribution in [0.2, 0.25) is 0 Å². The van der Waals surface area contributed by atoms with Crippen LogP contribution in [0.15, 0.2) is 42.7 Å². The molecule has 2 heterocycles. The molecule has 1 aromatic heterocycles. The van der Waals surface area contributed by atoms with Crippen molar-refractivity contribution in [3.63, 3.8) is 0 Å². The summed E-state index contributed by atoms with van der Waals surface area (Å²) in [5.74, 6) is 0.447. The first kappa shape index (κ1) is 11.8. The van der Waals surface area contributed by atoms with Crippen LogP contribution in [0.25, 0.3) is 16.7 Å². The van der Waals surface area contributed by atoms with Crippen molar-refractivity contribution in [1.29, 1.82) is 0 Å². The van der Waals surface area contributed by atoms with Crippen LogP contribution in [0.5, 0.6) is 11.5 Å². The molecule has 0 fully saturated rings. The number of nitrogens with zero attached hydrogens (tertiary/aromatic N) is 2. The van der Waals surface area contributed by atoms with Crippen LogP contribution in [0.4, 0.5) is 0 Å². The molecule has 0 atom stereocenters. The van der Waals surface area contributed by atoms with Crippen LogP contribution in [-0.2, 0) is 0 Å². The van der Waals surface area contributed by atoms with Gasteiger partial charge in [0, 0.05) is 6.07 Å². The summed E-state index contributed by atoms with van der Waals surface area (Å²) in [6, 6.07) is 10.5. The number of benzene rings is 2. The van der Waals surface area contributed by atoms with Crippen molar-refractivity contribution in [3.05, 3.63) is 48.3 Å². The Labute approximate surface area is 119 Å². The van der Waals surface area contributed by atoms with Gasteiger partial charge < -0.3 is 14.6 Å². The predicted octanol–water partition coefficient (Wildman–Crippen LogP) is 2.45. The minimum absolute atomic E-state index is 0.221. The summed E-state index contributed by atoms with van der Waals surface area (Å²) >= 11 is 0. The van der Waals surface area contributed by atoms with Gasteiger partial charge >= 0.3 is 5.97 Å². The zero-order chi connectivity index (χ0) is 14.4. The third-order valence-corrected chi connectivity index (χ3v) is 3.43. The maximum absolute atomic E-state index is 11.0. The van der Waals surface area contributed by atoms with Crippen LogP contribution < -0.4 is 9.47 Å². The molecule has 1 N–H and O–H groups in total. The van der Waals surface area contributed by atoms with Crippen LogP contribution in [0, 0.1) is 0 Å². The number of carboxylic acids is 1. The summed E-state index contributed by atoms with van der Waals surface area (Å²) in [5, 5.41) is 9.01. The average molecular weight is 282 g/mol. The lowest BCUT2D eigenvalue weighted by Crippen LogP contribution is -1.96. The summed E-state index contributed by atoms with van der Waals surface area (Å²) in [7, 11) is 0. The molecule has 104 valence electrons. The van der Waals surface area contributed by atoms with Crippen molar-refractivity contribution < 1.29 is 19.4 Å². The second-order valence-electron chi connectivity index (χ2n) is 4.66. The topological polar surface area (TPSA) is 73.6 Å². The fraction of sp³-hybridized carbons (Fsp3) is 0.0667. The molecular formula is C15H10N2O4. The largest absolute Gasteiger partial charge is 0.478 e. The van der Waals surface area contributed by atoms with E-state index >= 15 is 0 Å². The van der Waals surface area contributed by atoms with Gasteiger partial charge in [-0.15, -0.1) is 0 Å². The quantitative estimate of drug-likeness (QED) is 0.781. The molecular weight excluding hydrogens is 272 g/mol. The van der Waals surface area contributed by atoms with E-state index in [1.165, 1.54) is 0 Å². The Morgan fingerprint density at radius 1 is 1.14 bits per heavy atom. The second kappa shape index (κ2) is 4.24. The van der Waals surface area contributed by atoms with Gasteiger partial charge in [-0.05, 0) is 30.3 Å². The lowest BCUT2D eigenvalue weighted by atomic mass is 10.2. The Bertz CT molecular complexity index is 869. The molecule has 1 aliphatic heterocycles. The lowest BCUT2D eigenvalue weighted by Gasteiger charge is -2.05. The maximum Gasteiger partial charge on any atom is 0.335 e. The number of rotatable bonds is 2. The maximum atomic E-state index is 11.0. The molecule has 0 spiro atoms. The third kappa shape index (κ3) is 1.80. The fourth-order valence-corrected chi connectivity index (χ4v) is 2.39. The average Bonchev–Trinajstić information content (AvgIpc) is 3.12. The summed E-state index contributed by atoms with van der Waals surface area (Å²) in [6.45, 7) is 0.228. The highest BCUT2D eigenvalue weighted by atomic mass is 16.7. The summed E-state index contributed by atoms with van der Waals surface area (Å²) in [4.78, 5) is 15.2. The summed E-state index contributed by atoms with van der Waals surface area (Å²) < 4.78 is 12.5. The van der Waals surface area contributed by atoms with E-state index in [0.29, 0.717) is 11.3 Å². The summed E-state index contributed by atoms with van der Waals surface area (Å²) in [6.07, 6.45) is 1.66. The van der Waals surface area contributed by atoms with Gasteiger partial charge in [-0.1, -0.05) is 0 Å². The van der Waals surface area contributed by atoms with E-state index in [-0.39, 0.29) is 12.4 Å². The van der Waals surface area contributed by atoms with Gasteiger partial charge in [0.15, 0.2) is 11.5 Å². The number of carboxylic acid groups (broad SMARTS) is 1. The Kier molecular flexibility index (Phi) is 2.38. The number of imidazole rings is 1. The van der Waals surface area contributed by atoms with Gasteiger partial charge in [-0.2, -0.15) is 0 Å². The molecule has 0 aliphatic carbocycles. The Morgan fingerprint density at radius 3 is 2.86 bits per heavy atom. The second-order valence-corrected chi connectivity index (χ2v) is 4.66. The standard InChI is InChI=1S/C15H10N2O4/c18-15(19)9-1-3-12-11(5-9)16-7-17(12)10-2-4-13-14(6-10)21-8-20-13/h1-7H,8H2,(H,18,19). The molecule has 1 aliphatic rings. The number of carbonyl (C=O) groups is 1. The Balaban J connectivity index is 1.85. The third-order valence-electron chi connectivity index (χ3n) is 3.43. The SMILES string of the molecule is O=C(O)c1ccc2c(c1)ncn2-c1ccc2c(c1)OCO2. The lowest BCUT2D eigenvalue weighted by molar-refractivity contribution is 0.0697. The Hall–Kier alpha value is -3.02. The zero-order valence-electron chi connectivity index (χ0n) is 10.8. The van der Waals surface area contributed by atoms with Crippen molar-refractivity contribution in [1.82, 2.24) is 9.55 Å². The van der Waals surface area contributed by atoms with Crippen molar-refractivity contribution in [2.75, 3.05) is 6.79 Å². The highest BCUT2D eigenvalue weighted by Crippen LogP contribution is 2.34. The first-order valence-electron chi connectivity index (χ1n) is 6.33. The van der Waals surface area contributed by atoms with E-state index in [0.717, 1.165) is 17.0 Å². The molecule has 0 saturated heterocycles. The van der Waals surface area contributed by atoms with Crippen LogP contribution >= 0.6 is 0 Å². The molecule has 0 saturated carbocycles. The minimum atomic E-state index is -0.963. The molecule has 2 aromatic carbocycles. The van der Waals surface area contributed by atoms with E-state index in [1.54, 1.807) is 24.5 Å². The zero-order valence-corrected chi connectivity index (χ0v) is 10.8. The molecule has 0 amide bonds. The monoisotopic (exact) mass is 282 g/mol. The van der Waals surface area contributed by atoms with Gasteiger partial charge in [0.25, 0.3) is 0 Å². The van der Waals surface area contributed by atoms with Crippen LogP contribution in [0.3, 0.4) is 0 Å². The smallest absolute Gasteiger partial charge is 0.335 e. The van der Waals surface area contributed by atoms with Crippen molar-refractivity contribution in [3.8, 4) is 17.2 Å². The van der Waals surface area contributed by atoms with Gasteiger partial charge in [0.1, 0.15) is 6.33 Å². The first-order chi connectivity index (χ1) is 10.2. The number of aromatic carboxylic acids is 1. The number of fused-ring (bicyclic) bond motifs is 2. The molecule has 0 bridgehead atoms. The van der Waals surface area contributed by atoms with Gasteiger partial charge in [0.2, 0.25) is 6.79 Å². The van der Waals surface area contributed by atoms with E-state index in [2.05, 4.69) is 4.98 Å². The highest BCUT2D eigenvalue weighted by Gasteiger charge is 2.15. The van der Waals surface area contributed by atoms with Crippen molar-refractivity contribution in [2.45, 2.75) is 0 Å². The number of aromatic nitrogens is 2. The molecule has 6 nitrogen and oxygen atoms in total. The Morgan fingerprint density at radius 2 is 2.00 bits per heavy atom. The van der Waals surface area contributed by atoms with Crippen molar-refractivity contribution >= 4 is 17.0 Å².